The number of para-hydroxylation sites is 3. The monoisotopic (exact) mass is 429 g/mol. The van der Waals surface area contributed by atoms with Crippen LogP contribution in [0.15, 0.2) is 84.0 Å². The highest BCUT2D eigenvalue weighted by Crippen LogP contribution is 2.32. The number of benzene rings is 3. The number of imidazole rings is 1. The summed E-state index contributed by atoms with van der Waals surface area (Å²) in [4.78, 5) is 17.8. The fraction of sp³-hybridized carbons (Fsp3) is 0.200. The Morgan fingerprint density at radius 3 is 2.71 bits per heavy atom. The quantitative estimate of drug-likeness (QED) is 0.440. The second-order valence-corrected chi connectivity index (χ2v) is 8.48. The van der Waals surface area contributed by atoms with E-state index in [0.717, 1.165) is 39.7 Å². The van der Waals surface area contributed by atoms with Crippen molar-refractivity contribution in [1.82, 2.24) is 14.9 Å². The molecule has 1 atom stereocenters. The Bertz CT molecular complexity index is 1210. The Labute approximate surface area is 185 Å². The molecule has 6 heteroatoms. The number of ether oxygens (including phenoxy) is 1. The highest BCUT2D eigenvalue weighted by atomic mass is 32.2. The van der Waals surface area contributed by atoms with Crippen LogP contribution in [0.25, 0.3) is 11.0 Å². The maximum Gasteiger partial charge on any atom is 0.240 e. The van der Waals surface area contributed by atoms with Crippen molar-refractivity contribution in [3.8, 4) is 5.75 Å². The van der Waals surface area contributed by atoms with E-state index in [4.69, 9.17) is 9.72 Å². The van der Waals surface area contributed by atoms with Crippen LogP contribution in [0.4, 0.5) is 0 Å². The second-order valence-electron chi connectivity index (χ2n) is 7.54. The number of fused-ring (bicyclic) bond motifs is 2. The van der Waals surface area contributed by atoms with E-state index < -0.39 is 0 Å². The van der Waals surface area contributed by atoms with Crippen LogP contribution in [0.2, 0.25) is 0 Å². The molecule has 0 spiro atoms. The largest absolute Gasteiger partial charge is 0.493 e. The topological polar surface area (TPSA) is 56.2 Å². The molecule has 156 valence electrons. The van der Waals surface area contributed by atoms with Gasteiger partial charge in [0.1, 0.15) is 12.3 Å². The summed E-state index contributed by atoms with van der Waals surface area (Å²) in [7, 11) is 0. The van der Waals surface area contributed by atoms with Crippen LogP contribution < -0.4 is 10.1 Å². The molecule has 3 aromatic carbocycles. The summed E-state index contributed by atoms with van der Waals surface area (Å²) in [6, 6.07) is 26.2. The number of nitrogens with one attached hydrogen (secondary N) is 1. The van der Waals surface area contributed by atoms with Crippen LogP contribution in [-0.4, -0.2) is 22.1 Å². The van der Waals surface area contributed by atoms with Gasteiger partial charge in [0.05, 0.1) is 23.7 Å². The van der Waals surface area contributed by atoms with E-state index in [1.165, 1.54) is 5.56 Å². The number of rotatable bonds is 6. The minimum Gasteiger partial charge on any atom is -0.493 e. The Hall–Kier alpha value is -3.25. The van der Waals surface area contributed by atoms with Gasteiger partial charge in [0.2, 0.25) is 5.91 Å². The van der Waals surface area contributed by atoms with Crippen molar-refractivity contribution in [1.29, 1.82) is 0 Å². The summed E-state index contributed by atoms with van der Waals surface area (Å²) in [6.07, 6.45) is 0.767. The van der Waals surface area contributed by atoms with Gasteiger partial charge in [-0.3, -0.25) is 4.79 Å². The van der Waals surface area contributed by atoms with Crippen LogP contribution in [0.3, 0.4) is 0 Å². The fourth-order valence-electron chi connectivity index (χ4n) is 3.91. The van der Waals surface area contributed by atoms with E-state index in [1.54, 1.807) is 11.8 Å². The Kier molecular flexibility index (Phi) is 5.63. The number of amides is 1. The van der Waals surface area contributed by atoms with Gasteiger partial charge in [-0.25, -0.2) is 4.98 Å². The smallest absolute Gasteiger partial charge is 0.240 e. The molecule has 0 saturated carbocycles. The van der Waals surface area contributed by atoms with E-state index in [9.17, 15) is 4.79 Å². The Balaban J connectivity index is 1.36. The summed E-state index contributed by atoms with van der Waals surface area (Å²) < 4.78 is 7.74. The average molecular weight is 430 g/mol. The zero-order chi connectivity index (χ0) is 21.0. The number of hydrogen-bond acceptors (Lipinski definition) is 4. The molecule has 0 radical (unpaired) electrons. The standard InChI is InChI=1S/C25H23N3O2S/c29-24(26-20-14-15-30-23-13-7-4-10-19(20)23)16-28-22-12-6-5-11-21(22)27-25(28)31-17-18-8-2-1-3-9-18/h1-13,20H,14-17H2,(H,26,29)/t20-/m0/s1. The SMILES string of the molecule is O=C(Cn1c(SCc2ccccc2)nc2ccccc21)N[C@H]1CCOc2ccccc21. The lowest BCUT2D eigenvalue weighted by Crippen LogP contribution is -2.34. The maximum atomic E-state index is 13.0. The van der Waals surface area contributed by atoms with Crippen molar-refractivity contribution in [3.05, 3.63) is 90.0 Å². The molecule has 5 nitrogen and oxygen atoms in total. The maximum absolute atomic E-state index is 13.0. The molecule has 31 heavy (non-hydrogen) atoms. The van der Waals surface area contributed by atoms with Gasteiger partial charge < -0.3 is 14.6 Å². The van der Waals surface area contributed by atoms with E-state index >= 15 is 0 Å². The molecule has 1 aromatic heterocycles. The summed E-state index contributed by atoms with van der Waals surface area (Å²) in [5.74, 6) is 1.64. The van der Waals surface area contributed by atoms with Gasteiger partial charge in [0.25, 0.3) is 0 Å². The van der Waals surface area contributed by atoms with Gasteiger partial charge in [-0.1, -0.05) is 72.4 Å². The van der Waals surface area contributed by atoms with Gasteiger partial charge in [0.15, 0.2) is 5.16 Å². The first kappa shape index (κ1) is 19.7. The van der Waals surface area contributed by atoms with Crippen LogP contribution in [0.5, 0.6) is 5.75 Å². The lowest BCUT2D eigenvalue weighted by Gasteiger charge is -2.26. The molecule has 0 bridgehead atoms. The van der Waals surface area contributed by atoms with Gasteiger partial charge in [-0.2, -0.15) is 0 Å². The first-order valence-electron chi connectivity index (χ1n) is 10.4. The van der Waals surface area contributed by atoms with Gasteiger partial charge in [-0.05, 0) is 23.8 Å². The summed E-state index contributed by atoms with van der Waals surface area (Å²) in [6.45, 7) is 0.839. The highest BCUT2D eigenvalue weighted by Gasteiger charge is 2.23. The first-order chi connectivity index (χ1) is 15.3. The predicted octanol–water partition coefficient (Wildman–Crippen LogP) is 4.97. The third-order valence-electron chi connectivity index (χ3n) is 5.43. The molecule has 0 aliphatic carbocycles. The zero-order valence-electron chi connectivity index (χ0n) is 17.0. The normalized spacial score (nSPS) is 15.3. The average Bonchev–Trinajstić information content (AvgIpc) is 3.16. The molecule has 0 unspecified atom stereocenters. The molecule has 0 fully saturated rings. The van der Waals surface area contributed by atoms with E-state index in [-0.39, 0.29) is 18.5 Å². The third kappa shape index (κ3) is 4.30. The predicted molar refractivity (Wildman–Crippen MR) is 123 cm³/mol. The number of thioether (sulfide) groups is 1. The van der Waals surface area contributed by atoms with E-state index in [2.05, 4.69) is 17.4 Å². The fourth-order valence-corrected chi connectivity index (χ4v) is 4.88. The van der Waals surface area contributed by atoms with Crippen LogP contribution in [0, 0.1) is 0 Å². The zero-order valence-corrected chi connectivity index (χ0v) is 17.8. The number of aromatic nitrogens is 2. The lowest BCUT2D eigenvalue weighted by molar-refractivity contribution is -0.122. The number of hydrogen-bond donors (Lipinski definition) is 1. The van der Waals surface area contributed by atoms with Crippen LogP contribution in [-0.2, 0) is 17.1 Å². The molecular formula is C25H23N3O2S. The van der Waals surface area contributed by atoms with Crippen molar-refractivity contribution in [3.63, 3.8) is 0 Å². The van der Waals surface area contributed by atoms with Crippen molar-refractivity contribution < 1.29 is 9.53 Å². The third-order valence-corrected chi connectivity index (χ3v) is 6.47. The van der Waals surface area contributed by atoms with Gasteiger partial charge >= 0.3 is 0 Å². The molecular weight excluding hydrogens is 406 g/mol. The van der Waals surface area contributed by atoms with Crippen LogP contribution in [0.1, 0.15) is 23.6 Å². The highest BCUT2D eigenvalue weighted by molar-refractivity contribution is 7.98. The molecule has 0 saturated heterocycles. The summed E-state index contributed by atoms with van der Waals surface area (Å²) in [5, 5.41) is 4.06. The van der Waals surface area contributed by atoms with Crippen molar-refractivity contribution >= 4 is 28.7 Å². The summed E-state index contributed by atoms with van der Waals surface area (Å²) >= 11 is 1.65. The minimum absolute atomic E-state index is 0.0218. The molecule has 1 amide bonds. The van der Waals surface area contributed by atoms with Crippen LogP contribution >= 0.6 is 11.8 Å². The minimum atomic E-state index is -0.0346. The molecule has 4 aromatic rings. The Morgan fingerprint density at radius 1 is 1.03 bits per heavy atom. The number of carbonyl (C=O) groups excluding carboxylic acids is 1. The van der Waals surface area contributed by atoms with Crippen molar-refractivity contribution in [2.24, 2.45) is 0 Å². The Morgan fingerprint density at radius 2 is 1.81 bits per heavy atom. The number of nitrogens with zero attached hydrogens (tertiary/aromatic N) is 2. The van der Waals surface area contributed by atoms with E-state index in [1.807, 2.05) is 71.3 Å². The second kappa shape index (κ2) is 8.86. The van der Waals surface area contributed by atoms with Gasteiger partial charge in [0, 0.05) is 17.7 Å². The first-order valence-corrected chi connectivity index (χ1v) is 11.4. The molecule has 1 N–H and O–H groups in total. The summed E-state index contributed by atoms with van der Waals surface area (Å²) in [5.41, 5.74) is 4.15. The van der Waals surface area contributed by atoms with Gasteiger partial charge in [-0.15, -0.1) is 0 Å². The number of carbonyl (C=O) groups is 1. The molecule has 2 heterocycles. The molecule has 1 aliphatic heterocycles. The molecule has 5 rings (SSSR count). The van der Waals surface area contributed by atoms with E-state index in [0.29, 0.717) is 6.61 Å². The van der Waals surface area contributed by atoms with Crippen molar-refractivity contribution in [2.45, 2.75) is 29.9 Å². The van der Waals surface area contributed by atoms with Crippen molar-refractivity contribution in [2.75, 3.05) is 6.61 Å². The lowest BCUT2D eigenvalue weighted by atomic mass is 10.0. The molecule has 1 aliphatic rings.